The second-order valence-corrected chi connectivity index (χ2v) is 9.50. The van der Waals surface area contributed by atoms with Crippen molar-refractivity contribution in [3.05, 3.63) is 53.6 Å². The quantitative estimate of drug-likeness (QED) is 0.700. The molecule has 0 unspecified atom stereocenters. The van der Waals surface area contributed by atoms with Gasteiger partial charge in [0.05, 0.1) is 11.4 Å². The number of benzene rings is 2. The van der Waals surface area contributed by atoms with E-state index in [0.29, 0.717) is 13.1 Å². The summed E-state index contributed by atoms with van der Waals surface area (Å²) < 4.78 is 67.4. The second-order valence-electron chi connectivity index (χ2n) is 7.57. The molecule has 0 aromatic heterocycles. The van der Waals surface area contributed by atoms with Crippen molar-refractivity contribution >= 4 is 21.6 Å². The van der Waals surface area contributed by atoms with Crippen LogP contribution >= 0.6 is 0 Å². The predicted octanol–water partition coefficient (Wildman–Crippen LogP) is 3.15. The number of amides is 1. The van der Waals surface area contributed by atoms with Gasteiger partial charge in [-0.25, -0.2) is 8.42 Å². The van der Waals surface area contributed by atoms with Gasteiger partial charge in [0.15, 0.2) is 0 Å². The third-order valence-corrected chi connectivity index (χ3v) is 6.96. The third-order valence-electron chi connectivity index (χ3n) is 5.05. The van der Waals surface area contributed by atoms with Gasteiger partial charge in [-0.1, -0.05) is 17.7 Å². The van der Waals surface area contributed by atoms with Crippen molar-refractivity contribution < 1.29 is 31.1 Å². The molecule has 1 N–H and O–H groups in total. The zero-order valence-corrected chi connectivity index (χ0v) is 18.5. The number of piperazine rings is 1. The lowest BCUT2D eigenvalue weighted by atomic mass is 10.1. The normalized spacial score (nSPS) is 16.0. The van der Waals surface area contributed by atoms with Gasteiger partial charge in [-0.3, -0.25) is 9.69 Å². The molecular formula is C21H24F3N3O4S. The van der Waals surface area contributed by atoms with Crippen molar-refractivity contribution in [3.63, 3.8) is 0 Å². The summed E-state index contributed by atoms with van der Waals surface area (Å²) in [7, 11) is -3.86. The summed E-state index contributed by atoms with van der Waals surface area (Å²) in [4.78, 5) is 14.1. The molecule has 1 amide bonds. The van der Waals surface area contributed by atoms with E-state index in [-0.39, 0.29) is 30.4 Å². The lowest BCUT2D eigenvalue weighted by molar-refractivity contribution is -0.274. The molecule has 3 rings (SSSR count). The van der Waals surface area contributed by atoms with E-state index in [1.807, 2.05) is 36.9 Å². The average molecular weight is 472 g/mol. The fourth-order valence-electron chi connectivity index (χ4n) is 3.44. The number of alkyl halides is 3. The highest BCUT2D eigenvalue weighted by atomic mass is 32.2. The van der Waals surface area contributed by atoms with Crippen LogP contribution in [0.2, 0.25) is 0 Å². The molecule has 1 saturated heterocycles. The number of ether oxygens (including phenoxy) is 1. The van der Waals surface area contributed by atoms with Gasteiger partial charge in [-0.15, -0.1) is 13.2 Å². The Kier molecular flexibility index (Phi) is 7.11. The highest BCUT2D eigenvalue weighted by molar-refractivity contribution is 7.89. The molecule has 1 fully saturated rings. The Morgan fingerprint density at radius 2 is 1.66 bits per heavy atom. The third kappa shape index (κ3) is 6.21. The molecule has 0 atom stereocenters. The van der Waals surface area contributed by atoms with E-state index in [1.54, 1.807) is 0 Å². The van der Waals surface area contributed by atoms with E-state index in [0.717, 1.165) is 41.1 Å². The van der Waals surface area contributed by atoms with E-state index in [4.69, 9.17) is 0 Å². The number of halogens is 3. The van der Waals surface area contributed by atoms with Crippen LogP contribution in [-0.2, 0) is 14.8 Å². The fraction of sp³-hybridized carbons (Fsp3) is 0.381. The molecule has 0 aliphatic carbocycles. The molecule has 11 heteroatoms. The first-order chi connectivity index (χ1) is 14.9. The SMILES string of the molecule is Cc1ccc(NC(=O)CN2CCN(S(=O)(=O)c3ccc(OC(F)(F)F)cc3)CC2)c(C)c1. The van der Waals surface area contributed by atoms with Gasteiger partial charge in [0.2, 0.25) is 15.9 Å². The number of nitrogens with zero attached hydrogens (tertiary/aromatic N) is 2. The van der Waals surface area contributed by atoms with Crippen LogP contribution in [0, 0.1) is 13.8 Å². The van der Waals surface area contributed by atoms with Gasteiger partial charge in [0.25, 0.3) is 0 Å². The molecule has 0 bridgehead atoms. The minimum Gasteiger partial charge on any atom is -0.406 e. The zero-order valence-electron chi connectivity index (χ0n) is 17.6. The van der Waals surface area contributed by atoms with E-state index >= 15 is 0 Å². The number of hydrogen-bond donors (Lipinski definition) is 1. The Bertz CT molecular complexity index is 1060. The summed E-state index contributed by atoms with van der Waals surface area (Å²) in [6.07, 6.45) is -4.85. The zero-order chi connectivity index (χ0) is 23.5. The van der Waals surface area contributed by atoms with Crippen LogP contribution in [-0.4, -0.2) is 62.6 Å². The molecule has 0 radical (unpaired) electrons. The first kappa shape index (κ1) is 24.0. The molecular weight excluding hydrogens is 447 g/mol. The Hall–Kier alpha value is -2.63. The highest BCUT2D eigenvalue weighted by Gasteiger charge is 2.32. The Labute approximate surface area is 184 Å². The molecule has 2 aromatic rings. The fourth-order valence-corrected chi connectivity index (χ4v) is 4.86. The smallest absolute Gasteiger partial charge is 0.406 e. The minimum atomic E-state index is -4.85. The minimum absolute atomic E-state index is 0.118. The Morgan fingerprint density at radius 3 is 2.22 bits per heavy atom. The van der Waals surface area contributed by atoms with Crippen molar-refractivity contribution in [2.45, 2.75) is 25.1 Å². The molecule has 174 valence electrons. The van der Waals surface area contributed by atoms with Gasteiger partial charge in [0, 0.05) is 31.9 Å². The summed E-state index contributed by atoms with van der Waals surface area (Å²) in [5.74, 6) is -0.676. The van der Waals surface area contributed by atoms with Crippen molar-refractivity contribution in [2.75, 3.05) is 38.0 Å². The predicted molar refractivity (Wildman–Crippen MR) is 113 cm³/mol. The monoisotopic (exact) mass is 471 g/mol. The van der Waals surface area contributed by atoms with E-state index in [2.05, 4.69) is 10.1 Å². The van der Waals surface area contributed by atoms with E-state index in [1.165, 1.54) is 4.31 Å². The molecule has 0 spiro atoms. The maximum absolute atomic E-state index is 12.8. The summed E-state index contributed by atoms with van der Waals surface area (Å²) in [5, 5.41) is 2.87. The van der Waals surface area contributed by atoms with Gasteiger partial charge in [-0.05, 0) is 49.7 Å². The van der Waals surface area contributed by atoms with Crippen molar-refractivity contribution in [3.8, 4) is 5.75 Å². The first-order valence-corrected chi connectivity index (χ1v) is 11.3. The number of aryl methyl sites for hydroxylation is 2. The average Bonchev–Trinajstić information content (AvgIpc) is 2.70. The molecule has 1 aliphatic rings. The Morgan fingerprint density at radius 1 is 1.03 bits per heavy atom. The van der Waals surface area contributed by atoms with Gasteiger partial charge < -0.3 is 10.1 Å². The van der Waals surface area contributed by atoms with Crippen molar-refractivity contribution in [2.24, 2.45) is 0 Å². The lowest BCUT2D eigenvalue weighted by Gasteiger charge is -2.33. The maximum atomic E-state index is 12.8. The second kappa shape index (κ2) is 9.47. The van der Waals surface area contributed by atoms with Crippen molar-refractivity contribution in [1.82, 2.24) is 9.21 Å². The van der Waals surface area contributed by atoms with Crippen LogP contribution in [0.5, 0.6) is 5.75 Å². The number of nitrogens with one attached hydrogen (secondary N) is 1. The summed E-state index contributed by atoms with van der Waals surface area (Å²) in [6.45, 7) is 5.05. The summed E-state index contributed by atoms with van der Waals surface area (Å²) >= 11 is 0. The van der Waals surface area contributed by atoms with E-state index < -0.39 is 22.1 Å². The topological polar surface area (TPSA) is 79.0 Å². The number of sulfonamides is 1. The number of carbonyl (C=O) groups is 1. The summed E-state index contributed by atoms with van der Waals surface area (Å²) in [5.41, 5.74) is 2.79. The molecule has 0 saturated carbocycles. The highest BCUT2D eigenvalue weighted by Crippen LogP contribution is 2.25. The summed E-state index contributed by atoms with van der Waals surface area (Å²) in [6, 6.07) is 9.83. The molecule has 2 aromatic carbocycles. The standard InChI is InChI=1S/C21H24F3N3O4S/c1-15-3-8-19(16(2)13-15)25-20(28)14-26-9-11-27(12-10-26)32(29,30)18-6-4-17(5-7-18)31-21(22,23)24/h3-8,13H,9-12,14H2,1-2H3,(H,25,28). The first-order valence-electron chi connectivity index (χ1n) is 9.89. The maximum Gasteiger partial charge on any atom is 0.573 e. The van der Waals surface area contributed by atoms with Crippen LogP contribution in [0.4, 0.5) is 18.9 Å². The number of carbonyl (C=O) groups excluding carboxylic acids is 1. The van der Waals surface area contributed by atoms with Gasteiger partial charge in [0.1, 0.15) is 5.75 Å². The van der Waals surface area contributed by atoms with Crippen LogP contribution in [0.3, 0.4) is 0 Å². The largest absolute Gasteiger partial charge is 0.573 e. The molecule has 1 aliphatic heterocycles. The Balaban J connectivity index is 1.54. The molecule has 1 heterocycles. The number of hydrogen-bond acceptors (Lipinski definition) is 5. The number of anilines is 1. The van der Waals surface area contributed by atoms with Gasteiger partial charge in [-0.2, -0.15) is 4.31 Å². The lowest BCUT2D eigenvalue weighted by Crippen LogP contribution is -2.50. The van der Waals surface area contributed by atoms with Crippen molar-refractivity contribution in [1.29, 1.82) is 0 Å². The number of rotatable bonds is 6. The van der Waals surface area contributed by atoms with Crippen LogP contribution in [0.15, 0.2) is 47.4 Å². The van der Waals surface area contributed by atoms with Crippen LogP contribution in [0.25, 0.3) is 0 Å². The van der Waals surface area contributed by atoms with E-state index in [9.17, 15) is 26.4 Å². The molecule has 7 nitrogen and oxygen atoms in total. The molecule has 32 heavy (non-hydrogen) atoms. The van der Waals surface area contributed by atoms with Gasteiger partial charge >= 0.3 is 6.36 Å². The van der Waals surface area contributed by atoms with Crippen LogP contribution in [0.1, 0.15) is 11.1 Å². The van der Waals surface area contributed by atoms with Crippen LogP contribution < -0.4 is 10.1 Å².